The Hall–Kier alpha value is -4.33. The standard InChI is InChI=1S/C33H28ClN3O/c1-21-23(3)37(20-24-8-10-26(11-9-24)30-7-5-4-6-28(30)19-35)32-17-14-27(18-31(21)32)33(38)36-22(2)25-12-15-29(34)16-13-25/h4-18,22H,20H2,1-3H3,(H,36,38). The summed E-state index contributed by atoms with van der Waals surface area (Å²) >= 11 is 6.00. The number of aryl methyl sites for hydroxylation is 1. The van der Waals surface area contributed by atoms with Gasteiger partial charge in [0.2, 0.25) is 0 Å². The second-order valence-corrected chi connectivity index (χ2v) is 10.1. The lowest BCUT2D eigenvalue weighted by Crippen LogP contribution is -2.26. The van der Waals surface area contributed by atoms with E-state index in [1.54, 1.807) is 0 Å². The summed E-state index contributed by atoms with van der Waals surface area (Å²) in [6.45, 7) is 6.91. The van der Waals surface area contributed by atoms with Crippen molar-refractivity contribution in [2.24, 2.45) is 0 Å². The van der Waals surface area contributed by atoms with Crippen LogP contribution in [0.25, 0.3) is 22.0 Å². The molecule has 1 aromatic heterocycles. The largest absolute Gasteiger partial charge is 0.346 e. The molecule has 1 atom stereocenters. The maximum absolute atomic E-state index is 13.1. The van der Waals surface area contributed by atoms with Gasteiger partial charge in [0.15, 0.2) is 0 Å². The maximum Gasteiger partial charge on any atom is 0.251 e. The highest BCUT2D eigenvalue weighted by Crippen LogP contribution is 2.29. The first-order valence-corrected chi connectivity index (χ1v) is 13.0. The van der Waals surface area contributed by atoms with E-state index in [2.05, 4.69) is 54.1 Å². The number of nitrogens with one attached hydrogen (secondary N) is 1. The number of amides is 1. The number of fused-ring (bicyclic) bond motifs is 1. The highest BCUT2D eigenvalue weighted by Gasteiger charge is 2.16. The smallest absolute Gasteiger partial charge is 0.251 e. The fraction of sp³-hybridized carbons (Fsp3) is 0.152. The Kier molecular flexibility index (Phi) is 7.05. The molecule has 4 nitrogen and oxygen atoms in total. The molecular weight excluding hydrogens is 490 g/mol. The van der Waals surface area contributed by atoms with E-state index in [9.17, 15) is 10.1 Å². The summed E-state index contributed by atoms with van der Waals surface area (Å²) < 4.78 is 2.29. The molecular formula is C33H28ClN3O. The van der Waals surface area contributed by atoms with Crippen molar-refractivity contribution in [3.8, 4) is 17.2 Å². The van der Waals surface area contributed by atoms with E-state index < -0.39 is 0 Å². The minimum absolute atomic E-state index is 0.104. The van der Waals surface area contributed by atoms with Gasteiger partial charge in [-0.1, -0.05) is 66.2 Å². The van der Waals surface area contributed by atoms with E-state index >= 15 is 0 Å². The van der Waals surface area contributed by atoms with Gasteiger partial charge in [-0.25, -0.2) is 0 Å². The van der Waals surface area contributed by atoms with Gasteiger partial charge in [0.1, 0.15) is 0 Å². The molecule has 1 amide bonds. The molecule has 5 aromatic rings. The number of halogens is 1. The second-order valence-electron chi connectivity index (χ2n) is 9.63. The normalized spacial score (nSPS) is 11.8. The van der Waals surface area contributed by atoms with Crippen LogP contribution in [0.2, 0.25) is 5.02 Å². The van der Waals surface area contributed by atoms with Gasteiger partial charge < -0.3 is 9.88 Å². The summed E-state index contributed by atoms with van der Waals surface area (Å²) in [5.74, 6) is -0.104. The van der Waals surface area contributed by atoms with Gasteiger partial charge in [-0.3, -0.25) is 4.79 Å². The summed E-state index contributed by atoms with van der Waals surface area (Å²) in [5.41, 5.74) is 8.89. The Labute approximate surface area is 228 Å². The molecule has 188 valence electrons. The third kappa shape index (κ3) is 4.94. The number of hydrogen-bond donors (Lipinski definition) is 1. The van der Waals surface area contributed by atoms with Gasteiger partial charge in [-0.2, -0.15) is 5.26 Å². The first-order valence-electron chi connectivity index (χ1n) is 12.6. The molecule has 0 saturated carbocycles. The number of benzene rings is 4. The molecule has 38 heavy (non-hydrogen) atoms. The SMILES string of the molecule is Cc1c(C)n(Cc2ccc(-c3ccccc3C#N)cc2)c2ccc(C(=O)NC(C)c3ccc(Cl)cc3)cc12. The number of hydrogen-bond acceptors (Lipinski definition) is 2. The van der Waals surface area contributed by atoms with Crippen LogP contribution in [-0.2, 0) is 6.54 Å². The molecule has 5 rings (SSSR count). The molecule has 4 aromatic carbocycles. The van der Waals surface area contributed by atoms with Gasteiger partial charge in [0, 0.05) is 33.7 Å². The molecule has 0 bridgehead atoms. The average Bonchev–Trinajstić information content (AvgIpc) is 3.18. The van der Waals surface area contributed by atoms with E-state index in [1.807, 2.05) is 73.7 Å². The summed E-state index contributed by atoms with van der Waals surface area (Å²) in [7, 11) is 0. The van der Waals surface area contributed by atoms with Crippen molar-refractivity contribution in [3.05, 3.63) is 130 Å². The average molecular weight is 518 g/mol. The van der Waals surface area contributed by atoms with Crippen LogP contribution < -0.4 is 5.32 Å². The lowest BCUT2D eigenvalue weighted by atomic mass is 9.99. The van der Waals surface area contributed by atoms with Gasteiger partial charge in [-0.15, -0.1) is 0 Å². The lowest BCUT2D eigenvalue weighted by Gasteiger charge is -2.15. The van der Waals surface area contributed by atoms with Crippen LogP contribution >= 0.6 is 11.6 Å². The quantitative estimate of drug-likeness (QED) is 0.248. The number of carbonyl (C=O) groups excluding carboxylic acids is 1. The number of carbonyl (C=O) groups is 1. The topological polar surface area (TPSA) is 57.8 Å². The minimum Gasteiger partial charge on any atom is -0.346 e. The van der Waals surface area contributed by atoms with Gasteiger partial charge in [0.25, 0.3) is 5.91 Å². The van der Waals surface area contributed by atoms with Crippen molar-refractivity contribution in [1.29, 1.82) is 5.26 Å². The van der Waals surface area contributed by atoms with Crippen molar-refractivity contribution in [2.75, 3.05) is 0 Å². The summed E-state index contributed by atoms with van der Waals surface area (Å²) in [6.07, 6.45) is 0. The number of nitriles is 1. The van der Waals surface area contributed by atoms with Crippen LogP contribution in [0, 0.1) is 25.2 Å². The zero-order valence-corrected chi connectivity index (χ0v) is 22.4. The summed E-state index contributed by atoms with van der Waals surface area (Å²) in [5, 5.41) is 14.3. The Morgan fingerprint density at radius 1 is 0.974 bits per heavy atom. The molecule has 0 aliphatic rings. The molecule has 1 unspecified atom stereocenters. The van der Waals surface area contributed by atoms with Crippen LogP contribution in [0.1, 0.15) is 51.3 Å². The zero-order chi connectivity index (χ0) is 26.8. The van der Waals surface area contributed by atoms with Crippen molar-refractivity contribution in [1.82, 2.24) is 9.88 Å². The molecule has 5 heteroatoms. The van der Waals surface area contributed by atoms with Gasteiger partial charge >= 0.3 is 0 Å². The highest BCUT2D eigenvalue weighted by molar-refractivity contribution is 6.30. The predicted molar refractivity (Wildman–Crippen MR) is 154 cm³/mol. The third-order valence-corrected chi connectivity index (χ3v) is 7.52. The molecule has 1 heterocycles. The zero-order valence-electron chi connectivity index (χ0n) is 21.6. The fourth-order valence-electron chi connectivity index (χ4n) is 4.91. The second kappa shape index (κ2) is 10.6. The molecule has 0 saturated heterocycles. The molecule has 0 radical (unpaired) electrons. The van der Waals surface area contributed by atoms with Crippen LogP contribution in [0.15, 0.2) is 91.0 Å². The van der Waals surface area contributed by atoms with Crippen LogP contribution in [-0.4, -0.2) is 10.5 Å². The van der Waals surface area contributed by atoms with E-state index in [0.717, 1.165) is 34.1 Å². The number of aromatic nitrogens is 1. The summed E-state index contributed by atoms with van der Waals surface area (Å²) in [4.78, 5) is 13.1. The summed E-state index contributed by atoms with van der Waals surface area (Å²) in [6, 6.07) is 31.6. The molecule has 1 N–H and O–H groups in total. The number of rotatable bonds is 6. The van der Waals surface area contributed by atoms with Gasteiger partial charge in [0.05, 0.1) is 17.7 Å². The molecule has 0 aliphatic heterocycles. The van der Waals surface area contributed by atoms with Crippen LogP contribution in [0.3, 0.4) is 0 Å². The Morgan fingerprint density at radius 3 is 2.39 bits per heavy atom. The van der Waals surface area contributed by atoms with E-state index in [4.69, 9.17) is 11.6 Å². The Morgan fingerprint density at radius 2 is 1.68 bits per heavy atom. The third-order valence-electron chi connectivity index (χ3n) is 7.27. The lowest BCUT2D eigenvalue weighted by molar-refractivity contribution is 0.0940. The van der Waals surface area contributed by atoms with E-state index in [1.165, 1.54) is 16.8 Å². The van der Waals surface area contributed by atoms with Crippen molar-refractivity contribution >= 4 is 28.4 Å². The fourth-order valence-corrected chi connectivity index (χ4v) is 5.04. The van der Waals surface area contributed by atoms with Gasteiger partial charge in [-0.05, 0) is 85.0 Å². The molecule has 0 fully saturated rings. The Balaban J connectivity index is 1.38. The monoisotopic (exact) mass is 517 g/mol. The molecule has 0 aliphatic carbocycles. The van der Waals surface area contributed by atoms with Crippen molar-refractivity contribution in [2.45, 2.75) is 33.4 Å². The van der Waals surface area contributed by atoms with Crippen molar-refractivity contribution in [3.63, 3.8) is 0 Å². The first-order chi connectivity index (χ1) is 18.4. The van der Waals surface area contributed by atoms with E-state index in [0.29, 0.717) is 16.1 Å². The van der Waals surface area contributed by atoms with Crippen molar-refractivity contribution < 1.29 is 4.79 Å². The van der Waals surface area contributed by atoms with Crippen LogP contribution in [0.5, 0.6) is 0 Å². The predicted octanol–water partition coefficient (Wildman–Crippen LogP) is 7.99. The first kappa shape index (κ1) is 25.3. The number of nitrogens with zero attached hydrogens (tertiary/aromatic N) is 2. The Bertz CT molecular complexity index is 1680. The maximum atomic E-state index is 13.1. The molecule has 0 spiro atoms. The minimum atomic E-state index is -0.133. The highest BCUT2D eigenvalue weighted by atomic mass is 35.5. The van der Waals surface area contributed by atoms with E-state index in [-0.39, 0.29) is 11.9 Å². The van der Waals surface area contributed by atoms with Crippen LogP contribution in [0.4, 0.5) is 0 Å².